The Morgan fingerprint density at radius 1 is 1.30 bits per heavy atom. The van der Waals surface area contributed by atoms with Gasteiger partial charge in [0.1, 0.15) is 6.10 Å². The molecule has 0 radical (unpaired) electrons. The molecule has 9 N–H and O–H groups in total. The molecule has 1 rings (SSSR count). The third-order valence-corrected chi connectivity index (χ3v) is 3.30. The molecule has 16 heteroatoms. The van der Waals surface area contributed by atoms with Gasteiger partial charge in [-0.25, -0.2) is 19.0 Å². The number of alkyl halides is 4. The maximum Gasteiger partial charge on any atom is 0.490 e. The van der Waals surface area contributed by atoms with E-state index in [0.29, 0.717) is 0 Å². The van der Waals surface area contributed by atoms with Gasteiger partial charge in [-0.05, 0) is 6.08 Å². The van der Waals surface area contributed by atoms with Gasteiger partial charge in [0.15, 0.2) is 18.2 Å². The highest BCUT2D eigenvalue weighted by Gasteiger charge is 2.44. The molecule has 0 aromatic heterocycles. The van der Waals surface area contributed by atoms with Crippen LogP contribution < -0.4 is 16.8 Å². The van der Waals surface area contributed by atoms with Crippen LogP contribution in [0.25, 0.3) is 0 Å². The third kappa shape index (κ3) is 8.48. The van der Waals surface area contributed by atoms with Crippen LogP contribution in [0.2, 0.25) is 0 Å². The van der Waals surface area contributed by atoms with E-state index in [9.17, 15) is 32.3 Å². The highest BCUT2D eigenvalue weighted by Crippen LogP contribution is 2.26. The molecule has 0 saturated heterocycles. The van der Waals surface area contributed by atoms with E-state index in [2.05, 4.69) is 10.3 Å². The fourth-order valence-corrected chi connectivity index (χ4v) is 2.11. The fraction of sp³-hybridized carbons (Fsp3) is 0.571. The Morgan fingerprint density at radius 2 is 1.80 bits per heavy atom. The molecule has 0 saturated carbocycles. The van der Waals surface area contributed by atoms with Crippen LogP contribution in [-0.4, -0.2) is 87.5 Å². The van der Waals surface area contributed by atoms with Crippen molar-refractivity contribution in [2.75, 3.05) is 6.61 Å². The Kier molecular flexibility index (Phi) is 9.98. The van der Waals surface area contributed by atoms with Crippen LogP contribution >= 0.6 is 0 Å². The Balaban J connectivity index is 0.00000103. The summed E-state index contributed by atoms with van der Waals surface area (Å²) in [6, 6.07) is -2.31. The van der Waals surface area contributed by atoms with Gasteiger partial charge in [-0.3, -0.25) is 4.79 Å². The number of amides is 1. The molecule has 172 valence electrons. The van der Waals surface area contributed by atoms with Crippen LogP contribution in [0.3, 0.4) is 0 Å². The van der Waals surface area contributed by atoms with Crippen molar-refractivity contribution in [2.45, 2.75) is 43.6 Å². The number of carboxylic acids is 2. The highest BCUT2D eigenvalue weighted by molar-refractivity contribution is 5.85. The van der Waals surface area contributed by atoms with E-state index in [1.807, 2.05) is 0 Å². The van der Waals surface area contributed by atoms with Gasteiger partial charge in [0.2, 0.25) is 11.7 Å². The minimum Gasteiger partial charge on any atom is -0.478 e. The van der Waals surface area contributed by atoms with Gasteiger partial charge in [0.25, 0.3) is 0 Å². The Bertz CT molecular complexity index is 696. The summed E-state index contributed by atoms with van der Waals surface area (Å²) < 4.78 is 51.1. The molecule has 0 fully saturated rings. The van der Waals surface area contributed by atoms with Crippen molar-refractivity contribution in [3.8, 4) is 0 Å². The number of nitrogens with zero attached hydrogens (tertiary/aromatic N) is 1. The summed E-state index contributed by atoms with van der Waals surface area (Å²) in [6.07, 6.45) is -9.73. The van der Waals surface area contributed by atoms with Gasteiger partial charge < -0.3 is 41.9 Å². The topological polar surface area (TPSA) is 218 Å². The van der Waals surface area contributed by atoms with E-state index in [-0.39, 0.29) is 0 Å². The molecular formula is C14H20F4N4O8. The number of aliphatic hydroxyl groups excluding tert-OH is 2. The van der Waals surface area contributed by atoms with Crippen LogP contribution in [0.5, 0.6) is 0 Å². The number of hydrogen-bond acceptors (Lipinski definition) is 7. The predicted molar refractivity (Wildman–Crippen MR) is 89.5 cm³/mol. The van der Waals surface area contributed by atoms with E-state index in [1.165, 1.54) is 0 Å². The Labute approximate surface area is 165 Å². The summed E-state index contributed by atoms with van der Waals surface area (Å²) in [4.78, 5) is 35.1. The normalized spacial score (nSPS) is 22.8. The third-order valence-electron chi connectivity index (χ3n) is 3.30. The van der Waals surface area contributed by atoms with Gasteiger partial charge in [-0.1, -0.05) is 0 Å². The average molecular weight is 448 g/mol. The van der Waals surface area contributed by atoms with Crippen molar-refractivity contribution in [1.29, 1.82) is 0 Å². The zero-order valence-electron chi connectivity index (χ0n) is 15.2. The molecule has 0 aliphatic carbocycles. The Hall–Kier alpha value is -3.14. The fourth-order valence-electron chi connectivity index (χ4n) is 2.11. The molecule has 0 unspecified atom stereocenters. The lowest BCUT2D eigenvalue weighted by molar-refractivity contribution is -0.192. The van der Waals surface area contributed by atoms with Crippen molar-refractivity contribution < 1.29 is 57.1 Å². The highest BCUT2D eigenvalue weighted by atomic mass is 19.4. The molecule has 1 aliphatic rings. The molecule has 0 bridgehead atoms. The number of nitrogens with one attached hydrogen (secondary N) is 1. The molecule has 1 heterocycles. The number of carboxylic acid groups (broad SMARTS) is 2. The molecule has 0 aromatic carbocycles. The van der Waals surface area contributed by atoms with Crippen molar-refractivity contribution in [3.63, 3.8) is 0 Å². The standard InChI is InChI=1S/C12H19FN4O6.C2HF3O2/c1-4(19)16-9-5(17-12(14)15)2-7(11(21)22)23-10(9)8(13)6(20)3-18;3-2(4,5)1(6)7/h2,5-6,8-10,18,20H,3H2,1H3,(H,16,19)(H,21,22)(H4,14,15,17);(H,6,7)/t5-,6+,8+,9+,10-;/m0./s1. The molecule has 12 nitrogen and oxygen atoms in total. The van der Waals surface area contributed by atoms with Crippen LogP contribution in [0.4, 0.5) is 17.6 Å². The lowest BCUT2D eigenvalue weighted by Crippen LogP contribution is -2.58. The second-order valence-corrected chi connectivity index (χ2v) is 5.69. The number of nitrogens with two attached hydrogens (primary N) is 2. The van der Waals surface area contributed by atoms with Crippen LogP contribution in [0, 0.1) is 0 Å². The van der Waals surface area contributed by atoms with Crippen LogP contribution in [0.1, 0.15) is 6.92 Å². The number of aliphatic imine (C=N–C) groups is 1. The van der Waals surface area contributed by atoms with E-state index < -0.39 is 72.8 Å². The molecule has 30 heavy (non-hydrogen) atoms. The first-order chi connectivity index (χ1) is 13.6. The van der Waals surface area contributed by atoms with Crippen LogP contribution in [-0.2, 0) is 19.1 Å². The van der Waals surface area contributed by atoms with Gasteiger partial charge in [-0.15, -0.1) is 0 Å². The van der Waals surface area contributed by atoms with Crippen molar-refractivity contribution >= 4 is 23.8 Å². The van der Waals surface area contributed by atoms with Gasteiger partial charge in [0.05, 0.1) is 18.7 Å². The first kappa shape index (κ1) is 26.9. The SMILES string of the molecule is CC(=O)N[C@H]1[C@H]([C@H](F)[C@H](O)CO)OC(C(=O)O)=C[C@@H]1N=C(N)N.O=C(O)C(F)(F)F. The zero-order valence-corrected chi connectivity index (χ0v) is 15.2. The lowest BCUT2D eigenvalue weighted by atomic mass is 9.93. The maximum absolute atomic E-state index is 14.3. The quantitative estimate of drug-likeness (QED) is 0.132. The van der Waals surface area contributed by atoms with E-state index in [1.54, 1.807) is 0 Å². The monoisotopic (exact) mass is 448 g/mol. The van der Waals surface area contributed by atoms with E-state index in [4.69, 9.17) is 36.3 Å². The van der Waals surface area contributed by atoms with Crippen molar-refractivity contribution in [1.82, 2.24) is 5.32 Å². The maximum atomic E-state index is 14.3. The summed E-state index contributed by atoms with van der Waals surface area (Å²) in [5.74, 6) is -5.88. The van der Waals surface area contributed by atoms with Crippen molar-refractivity contribution in [3.05, 3.63) is 11.8 Å². The number of rotatable bonds is 6. The first-order valence-electron chi connectivity index (χ1n) is 7.82. The number of aliphatic hydroxyl groups is 2. The molecule has 1 aliphatic heterocycles. The first-order valence-corrected chi connectivity index (χ1v) is 7.82. The summed E-state index contributed by atoms with van der Waals surface area (Å²) in [6.45, 7) is 0.225. The minimum atomic E-state index is -5.08. The number of hydrogen-bond donors (Lipinski definition) is 7. The number of ether oxygens (including phenoxy) is 1. The zero-order chi connectivity index (χ0) is 23.8. The number of carbonyl (C=O) groups excluding carboxylic acids is 1. The second-order valence-electron chi connectivity index (χ2n) is 5.69. The molecule has 0 aromatic rings. The van der Waals surface area contributed by atoms with E-state index >= 15 is 0 Å². The second kappa shape index (κ2) is 11.1. The summed E-state index contributed by atoms with van der Waals surface area (Å²) in [7, 11) is 0. The number of carbonyl (C=O) groups is 3. The minimum absolute atomic E-state index is 0.412. The Morgan fingerprint density at radius 3 is 2.13 bits per heavy atom. The van der Waals surface area contributed by atoms with E-state index in [0.717, 1.165) is 13.0 Å². The van der Waals surface area contributed by atoms with Crippen molar-refractivity contribution in [2.24, 2.45) is 16.5 Å². The average Bonchev–Trinajstić information content (AvgIpc) is 2.60. The van der Waals surface area contributed by atoms with Gasteiger partial charge in [-0.2, -0.15) is 13.2 Å². The predicted octanol–water partition coefficient (Wildman–Crippen LogP) is -2.17. The smallest absolute Gasteiger partial charge is 0.478 e. The van der Waals surface area contributed by atoms with Gasteiger partial charge >= 0.3 is 18.1 Å². The number of aliphatic carboxylic acids is 2. The number of halogens is 4. The molecular weight excluding hydrogens is 428 g/mol. The molecule has 0 spiro atoms. The summed E-state index contributed by atoms with van der Waals surface area (Å²) >= 11 is 0. The molecule has 5 atom stereocenters. The lowest BCUT2D eigenvalue weighted by Gasteiger charge is -2.37. The van der Waals surface area contributed by atoms with Gasteiger partial charge in [0, 0.05) is 6.92 Å². The summed E-state index contributed by atoms with van der Waals surface area (Å²) in [5.41, 5.74) is 10.5. The largest absolute Gasteiger partial charge is 0.490 e. The summed E-state index contributed by atoms with van der Waals surface area (Å²) in [5, 5.41) is 36.8. The molecule has 1 amide bonds. The number of guanidine groups is 1. The van der Waals surface area contributed by atoms with Crippen LogP contribution in [0.15, 0.2) is 16.8 Å².